The molecule has 6 heteroatoms. The first-order valence-electron chi connectivity index (χ1n) is 11.8. The van der Waals surface area contributed by atoms with E-state index in [0.717, 1.165) is 28.2 Å². The third-order valence-electron chi connectivity index (χ3n) is 8.44. The Bertz CT molecular complexity index is 874. The number of aryl methyl sites for hydroxylation is 1. The third kappa shape index (κ3) is 3.44. The zero-order chi connectivity index (χ0) is 21.9. The van der Waals surface area contributed by atoms with E-state index in [-0.39, 0.29) is 29.8 Å². The van der Waals surface area contributed by atoms with Gasteiger partial charge in [0.05, 0.1) is 0 Å². The van der Waals surface area contributed by atoms with Gasteiger partial charge in [-0.05, 0) is 94.6 Å². The fourth-order valence-electron chi connectivity index (χ4n) is 7.20. The van der Waals surface area contributed by atoms with Gasteiger partial charge in [-0.2, -0.15) is 0 Å². The molecule has 1 aliphatic heterocycles. The van der Waals surface area contributed by atoms with Crippen LogP contribution < -0.4 is 10.2 Å². The molecule has 0 spiro atoms. The molecular formula is C25H33N3O3. The predicted molar refractivity (Wildman–Crippen MR) is 118 cm³/mol. The molecule has 1 aromatic rings. The van der Waals surface area contributed by atoms with Gasteiger partial charge in [0.25, 0.3) is 5.91 Å². The molecule has 1 saturated heterocycles. The zero-order valence-electron chi connectivity index (χ0n) is 18.8. The Morgan fingerprint density at radius 1 is 1.06 bits per heavy atom. The number of benzene rings is 1. The van der Waals surface area contributed by atoms with E-state index in [4.69, 9.17) is 0 Å². The van der Waals surface area contributed by atoms with Gasteiger partial charge in [-0.15, -0.1) is 0 Å². The molecule has 5 aliphatic rings. The SMILES string of the molecule is Cc1ccc(N2C(=O)N(CC(=O)N[C@H](C)C34CC5CC(CC(C5)C3)C4)C(=O)[C@H]2C)cc1. The molecule has 5 fully saturated rings. The lowest BCUT2D eigenvalue weighted by Gasteiger charge is -2.59. The molecule has 4 saturated carbocycles. The van der Waals surface area contributed by atoms with E-state index in [0.29, 0.717) is 5.69 Å². The minimum Gasteiger partial charge on any atom is -0.352 e. The van der Waals surface area contributed by atoms with Crippen molar-refractivity contribution >= 4 is 23.5 Å². The standard InChI is InChI=1S/C25H33N3O3/c1-15-4-6-21(7-5-15)28-16(2)23(30)27(24(28)31)14-22(29)26-17(3)25-11-18-8-19(12-25)10-20(9-18)13-25/h4-7,16-20H,8-14H2,1-3H3,(H,26,29)/t16-,17-,18?,19?,20?,25?/m1/s1. The van der Waals surface area contributed by atoms with Crippen molar-refractivity contribution in [2.45, 2.75) is 71.4 Å². The average molecular weight is 424 g/mol. The number of nitrogens with zero attached hydrogens (tertiary/aromatic N) is 2. The molecule has 1 aromatic carbocycles. The number of urea groups is 1. The Kier molecular flexibility index (Phi) is 4.87. The van der Waals surface area contributed by atoms with Crippen molar-refractivity contribution in [2.75, 3.05) is 11.4 Å². The van der Waals surface area contributed by atoms with Crippen LogP contribution >= 0.6 is 0 Å². The Balaban J connectivity index is 1.25. The molecule has 166 valence electrons. The molecule has 31 heavy (non-hydrogen) atoms. The first-order chi connectivity index (χ1) is 14.8. The minimum atomic E-state index is -0.608. The van der Waals surface area contributed by atoms with Crippen LogP contribution in [0.5, 0.6) is 0 Å². The van der Waals surface area contributed by atoms with Gasteiger partial charge in [0, 0.05) is 11.7 Å². The maximum absolute atomic E-state index is 13.0. The van der Waals surface area contributed by atoms with Crippen LogP contribution in [0, 0.1) is 30.1 Å². The van der Waals surface area contributed by atoms with Crippen molar-refractivity contribution in [1.82, 2.24) is 10.2 Å². The Morgan fingerprint density at radius 2 is 1.61 bits per heavy atom. The Labute approximate surface area is 184 Å². The highest BCUT2D eigenvalue weighted by molar-refractivity contribution is 6.15. The summed E-state index contributed by atoms with van der Waals surface area (Å²) < 4.78 is 0. The summed E-state index contributed by atoms with van der Waals surface area (Å²) in [6, 6.07) is 6.57. The molecule has 2 atom stereocenters. The number of rotatable bonds is 5. The molecule has 4 amide bonds. The first kappa shape index (κ1) is 20.5. The monoisotopic (exact) mass is 423 g/mol. The first-order valence-corrected chi connectivity index (χ1v) is 11.8. The number of hydrogen-bond acceptors (Lipinski definition) is 3. The number of amides is 4. The van der Waals surface area contributed by atoms with Gasteiger partial charge in [0.1, 0.15) is 12.6 Å². The number of anilines is 1. The van der Waals surface area contributed by atoms with Crippen LogP contribution in [-0.4, -0.2) is 41.4 Å². The van der Waals surface area contributed by atoms with Crippen LogP contribution in [0.3, 0.4) is 0 Å². The fourth-order valence-corrected chi connectivity index (χ4v) is 7.20. The summed E-state index contributed by atoms with van der Waals surface area (Å²) in [7, 11) is 0. The van der Waals surface area contributed by atoms with Crippen LogP contribution in [0.1, 0.15) is 57.9 Å². The largest absolute Gasteiger partial charge is 0.352 e. The molecule has 6 rings (SSSR count). The van der Waals surface area contributed by atoms with Gasteiger partial charge >= 0.3 is 6.03 Å². The second-order valence-electron chi connectivity index (χ2n) is 10.7. The minimum absolute atomic E-state index is 0.0758. The second-order valence-corrected chi connectivity index (χ2v) is 10.7. The molecular weight excluding hydrogens is 390 g/mol. The highest BCUT2D eigenvalue weighted by Gasteiger charge is 2.53. The van der Waals surface area contributed by atoms with Crippen LogP contribution in [0.4, 0.5) is 10.5 Å². The highest BCUT2D eigenvalue weighted by atomic mass is 16.2. The number of imide groups is 1. The normalized spacial score (nSPS) is 35.1. The number of carbonyl (C=O) groups is 3. The third-order valence-corrected chi connectivity index (χ3v) is 8.44. The summed E-state index contributed by atoms with van der Waals surface area (Å²) in [5.74, 6) is 1.90. The summed E-state index contributed by atoms with van der Waals surface area (Å²) in [6.07, 6.45) is 7.72. The van der Waals surface area contributed by atoms with Crippen LogP contribution in [-0.2, 0) is 9.59 Å². The topological polar surface area (TPSA) is 69.7 Å². The Morgan fingerprint density at radius 3 is 2.16 bits per heavy atom. The summed E-state index contributed by atoms with van der Waals surface area (Å²) in [6.45, 7) is 5.61. The predicted octanol–water partition coefficient (Wildman–Crippen LogP) is 3.87. The van der Waals surface area contributed by atoms with Crippen LogP contribution in [0.2, 0.25) is 0 Å². The van der Waals surface area contributed by atoms with Gasteiger partial charge in [0.15, 0.2) is 0 Å². The van der Waals surface area contributed by atoms with E-state index in [1.54, 1.807) is 6.92 Å². The molecule has 0 aromatic heterocycles. The molecule has 4 bridgehead atoms. The molecule has 1 N–H and O–H groups in total. The molecule has 0 radical (unpaired) electrons. The highest BCUT2D eigenvalue weighted by Crippen LogP contribution is 2.61. The lowest BCUT2D eigenvalue weighted by molar-refractivity contribution is -0.133. The van der Waals surface area contributed by atoms with Gasteiger partial charge in [-0.1, -0.05) is 17.7 Å². The number of hydrogen-bond donors (Lipinski definition) is 1. The van der Waals surface area contributed by atoms with Gasteiger partial charge in [-0.25, -0.2) is 4.79 Å². The summed E-state index contributed by atoms with van der Waals surface area (Å²) in [4.78, 5) is 41.3. The molecule has 1 heterocycles. The van der Waals surface area contributed by atoms with E-state index in [1.807, 2.05) is 31.2 Å². The lowest BCUT2D eigenvalue weighted by Crippen LogP contribution is -2.57. The maximum Gasteiger partial charge on any atom is 0.332 e. The van der Waals surface area contributed by atoms with Crippen molar-refractivity contribution in [3.8, 4) is 0 Å². The van der Waals surface area contributed by atoms with Crippen molar-refractivity contribution in [1.29, 1.82) is 0 Å². The van der Waals surface area contributed by atoms with E-state index in [9.17, 15) is 14.4 Å². The molecule has 0 unspecified atom stereocenters. The van der Waals surface area contributed by atoms with Gasteiger partial charge in [-0.3, -0.25) is 19.4 Å². The molecule has 6 nitrogen and oxygen atoms in total. The van der Waals surface area contributed by atoms with Crippen molar-refractivity contribution in [3.05, 3.63) is 29.8 Å². The summed E-state index contributed by atoms with van der Waals surface area (Å²) in [5.41, 5.74) is 1.97. The van der Waals surface area contributed by atoms with Crippen molar-refractivity contribution < 1.29 is 14.4 Å². The quantitative estimate of drug-likeness (QED) is 0.731. The second kappa shape index (κ2) is 7.35. The van der Waals surface area contributed by atoms with E-state index in [1.165, 1.54) is 43.4 Å². The number of carbonyl (C=O) groups excluding carboxylic acids is 3. The smallest absolute Gasteiger partial charge is 0.332 e. The van der Waals surface area contributed by atoms with E-state index >= 15 is 0 Å². The Hall–Kier alpha value is -2.37. The van der Waals surface area contributed by atoms with E-state index in [2.05, 4.69) is 12.2 Å². The summed E-state index contributed by atoms with van der Waals surface area (Å²) in [5, 5.41) is 3.18. The van der Waals surface area contributed by atoms with E-state index < -0.39 is 12.1 Å². The summed E-state index contributed by atoms with van der Waals surface area (Å²) >= 11 is 0. The fraction of sp³-hybridized carbons (Fsp3) is 0.640. The van der Waals surface area contributed by atoms with Crippen molar-refractivity contribution in [3.63, 3.8) is 0 Å². The van der Waals surface area contributed by atoms with Crippen molar-refractivity contribution in [2.24, 2.45) is 23.2 Å². The van der Waals surface area contributed by atoms with Crippen LogP contribution in [0.25, 0.3) is 0 Å². The van der Waals surface area contributed by atoms with Gasteiger partial charge in [0.2, 0.25) is 5.91 Å². The molecule has 4 aliphatic carbocycles. The average Bonchev–Trinajstić information content (AvgIpc) is 2.91. The number of nitrogens with one attached hydrogen (secondary N) is 1. The zero-order valence-corrected chi connectivity index (χ0v) is 18.8. The van der Waals surface area contributed by atoms with Gasteiger partial charge < -0.3 is 5.32 Å². The van der Waals surface area contributed by atoms with Crippen LogP contribution in [0.15, 0.2) is 24.3 Å². The lowest BCUT2D eigenvalue weighted by atomic mass is 9.48. The maximum atomic E-state index is 13.0.